The zero-order valence-corrected chi connectivity index (χ0v) is 16.7. The van der Waals surface area contributed by atoms with Gasteiger partial charge >= 0.3 is 0 Å². The number of nitrogens with one attached hydrogen (secondary N) is 1. The van der Waals surface area contributed by atoms with Crippen molar-refractivity contribution in [2.45, 2.75) is 26.1 Å². The Morgan fingerprint density at radius 3 is 2.90 bits per heavy atom. The number of non-ortho nitro benzene ring substituents is 1. The number of amides is 1. The zero-order chi connectivity index (χ0) is 21.3. The number of hydrogen-bond donors (Lipinski definition) is 1. The maximum Gasteiger partial charge on any atom is 0.270 e. The van der Waals surface area contributed by atoms with Crippen molar-refractivity contribution in [1.29, 1.82) is 0 Å². The van der Waals surface area contributed by atoms with Crippen molar-refractivity contribution >= 4 is 17.7 Å². The molecule has 1 unspecified atom stereocenters. The van der Waals surface area contributed by atoms with Gasteiger partial charge in [0.1, 0.15) is 5.75 Å². The van der Waals surface area contributed by atoms with E-state index in [4.69, 9.17) is 14.2 Å². The van der Waals surface area contributed by atoms with Crippen molar-refractivity contribution < 1.29 is 23.9 Å². The SMILES string of the molecule is CC(OCCCNC(=O)/C=C/c1cc([N+](=O)[O-])cc2c1OCOC2)c1ccccc1. The second kappa shape index (κ2) is 10.5. The molecule has 0 aliphatic carbocycles. The average Bonchev–Trinajstić information content (AvgIpc) is 2.77. The molecular weight excluding hydrogens is 388 g/mol. The van der Waals surface area contributed by atoms with Crippen molar-refractivity contribution in [1.82, 2.24) is 5.32 Å². The fraction of sp³-hybridized carbons (Fsp3) is 0.318. The summed E-state index contributed by atoms with van der Waals surface area (Å²) in [6, 6.07) is 12.7. The monoisotopic (exact) mass is 412 g/mol. The molecule has 3 rings (SSSR count). The van der Waals surface area contributed by atoms with Gasteiger partial charge in [-0.2, -0.15) is 0 Å². The molecule has 0 bridgehead atoms. The summed E-state index contributed by atoms with van der Waals surface area (Å²) in [6.07, 6.45) is 3.51. The summed E-state index contributed by atoms with van der Waals surface area (Å²) in [5.74, 6) is 0.206. The molecule has 1 aliphatic rings. The quantitative estimate of drug-likeness (QED) is 0.291. The number of nitrogens with zero attached hydrogens (tertiary/aromatic N) is 1. The minimum atomic E-state index is -0.483. The first-order valence-electron chi connectivity index (χ1n) is 9.69. The van der Waals surface area contributed by atoms with Crippen molar-refractivity contribution in [3.05, 3.63) is 75.3 Å². The summed E-state index contributed by atoms with van der Waals surface area (Å²) in [5, 5.41) is 13.9. The van der Waals surface area contributed by atoms with Crippen LogP contribution in [0.2, 0.25) is 0 Å². The van der Waals surface area contributed by atoms with E-state index in [0.717, 1.165) is 5.56 Å². The van der Waals surface area contributed by atoms with E-state index in [1.54, 1.807) is 0 Å². The summed E-state index contributed by atoms with van der Waals surface area (Å²) in [6.45, 7) is 3.27. The van der Waals surface area contributed by atoms with Crippen LogP contribution in [0.4, 0.5) is 5.69 Å². The van der Waals surface area contributed by atoms with Crippen LogP contribution in [0.5, 0.6) is 5.75 Å². The molecule has 0 radical (unpaired) electrons. The molecule has 1 atom stereocenters. The molecule has 1 amide bonds. The summed E-state index contributed by atoms with van der Waals surface area (Å²) in [4.78, 5) is 22.7. The lowest BCUT2D eigenvalue weighted by Crippen LogP contribution is -2.23. The molecule has 1 aliphatic heterocycles. The number of benzene rings is 2. The molecule has 0 aromatic heterocycles. The number of hydrogen-bond acceptors (Lipinski definition) is 6. The second-order valence-electron chi connectivity index (χ2n) is 6.79. The molecule has 2 aromatic carbocycles. The van der Waals surface area contributed by atoms with E-state index in [-0.39, 0.29) is 31.1 Å². The van der Waals surface area contributed by atoms with Crippen LogP contribution in [0.3, 0.4) is 0 Å². The van der Waals surface area contributed by atoms with Gasteiger partial charge in [-0.3, -0.25) is 14.9 Å². The largest absolute Gasteiger partial charge is 0.467 e. The Morgan fingerprint density at radius 1 is 1.33 bits per heavy atom. The molecule has 0 saturated carbocycles. The van der Waals surface area contributed by atoms with Gasteiger partial charge in [-0.25, -0.2) is 0 Å². The predicted molar refractivity (Wildman–Crippen MR) is 111 cm³/mol. The van der Waals surface area contributed by atoms with Gasteiger partial charge in [-0.1, -0.05) is 30.3 Å². The van der Waals surface area contributed by atoms with Gasteiger partial charge in [0.2, 0.25) is 5.91 Å². The molecule has 0 spiro atoms. The van der Waals surface area contributed by atoms with E-state index < -0.39 is 4.92 Å². The van der Waals surface area contributed by atoms with Crippen LogP contribution >= 0.6 is 0 Å². The fourth-order valence-corrected chi connectivity index (χ4v) is 3.05. The third-order valence-corrected chi connectivity index (χ3v) is 4.61. The van der Waals surface area contributed by atoms with Crippen LogP contribution in [0.15, 0.2) is 48.5 Å². The van der Waals surface area contributed by atoms with E-state index in [2.05, 4.69) is 5.32 Å². The molecule has 1 heterocycles. The molecule has 30 heavy (non-hydrogen) atoms. The Balaban J connectivity index is 1.48. The highest BCUT2D eigenvalue weighted by atomic mass is 16.7. The molecule has 0 saturated heterocycles. The molecular formula is C22H24N2O6. The molecule has 8 nitrogen and oxygen atoms in total. The van der Waals surface area contributed by atoms with Gasteiger partial charge in [0.15, 0.2) is 6.79 Å². The highest BCUT2D eigenvalue weighted by Crippen LogP contribution is 2.33. The summed E-state index contributed by atoms with van der Waals surface area (Å²) >= 11 is 0. The first-order valence-corrected chi connectivity index (χ1v) is 9.69. The highest BCUT2D eigenvalue weighted by Gasteiger charge is 2.19. The van der Waals surface area contributed by atoms with Crippen LogP contribution in [0, 0.1) is 10.1 Å². The highest BCUT2D eigenvalue weighted by molar-refractivity contribution is 5.92. The molecule has 2 aromatic rings. The van der Waals surface area contributed by atoms with Crippen molar-refractivity contribution in [3.63, 3.8) is 0 Å². The number of nitro groups is 1. The summed E-state index contributed by atoms with van der Waals surface area (Å²) < 4.78 is 16.4. The molecule has 1 N–H and O–H groups in total. The van der Waals surface area contributed by atoms with Gasteiger partial charge in [-0.15, -0.1) is 0 Å². The Bertz CT molecular complexity index is 913. The van der Waals surface area contributed by atoms with E-state index >= 15 is 0 Å². The van der Waals surface area contributed by atoms with Crippen LogP contribution < -0.4 is 10.1 Å². The van der Waals surface area contributed by atoms with Gasteiger partial charge in [-0.05, 0) is 25.0 Å². The van der Waals surface area contributed by atoms with Gasteiger partial charge < -0.3 is 19.5 Å². The topological polar surface area (TPSA) is 99.9 Å². The van der Waals surface area contributed by atoms with Gasteiger partial charge in [0.05, 0.1) is 17.6 Å². The average molecular weight is 412 g/mol. The van der Waals surface area contributed by atoms with Crippen LogP contribution in [0.25, 0.3) is 6.08 Å². The lowest BCUT2D eigenvalue weighted by Gasteiger charge is -2.19. The third kappa shape index (κ3) is 5.88. The summed E-state index contributed by atoms with van der Waals surface area (Å²) in [5.41, 5.74) is 2.09. The predicted octanol–water partition coefficient (Wildman–Crippen LogP) is 3.76. The maximum absolute atomic E-state index is 12.1. The first kappa shape index (κ1) is 21.5. The zero-order valence-electron chi connectivity index (χ0n) is 16.7. The second-order valence-corrected chi connectivity index (χ2v) is 6.79. The van der Waals surface area contributed by atoms with Crippen molar-refractivity contribution in [3.8, 4) is 5.75 Å². The standard InChI is InChI=1S/C22H24N2O6/c1-16(17-6-3-2-4-7-17)29-11-5-10-23-21(25)9-8-18-12-20(24(26)27)13-19-14-28-15-30-22(18)19/h2-4,6-9,12-13,16H,5,10-11,14-15H2,1H3,(H,23,25)/b9-8+. The van der Waals surface area contributed by atoms with E-state index in [1.807, 2.05) is 37.3 Å². The van der Waals surface area contributed by atoms with Gasteiger partial charge in [0, 0.05) is 42.5 Å². The van der Waals surface area contributed by atoms with Crippen LogP contribution in [0.1, 0.15) is 36.1 Å². The van der Waals surface area contributed by atoms with E-state index in [0.29, 0.717) is 36.4 Å². The fourth-order valence-electron chi connectivity index (χ4n) is 3.05. The minimum Gasteiger partial charge on any atom is -0.467 e. The molecule has 8 heteroatoms. The minimum absolute atomic E-state index is 0.00850. The lowest BCUT2D eigenvalue weighted by molar-refractivity contribution is -0.385. The smallest absolute Gasteiger partial charge is 0.270 e. The van der Waals surface area contributed by atoms with E-state index in [9.17, 15) is 14.9 Å². The Hall–Kier alpha value is -3.23. The van der Waals surface area contributed by atoms with Gasteiger partial charge in [0.25, 0.3) is 5.69 Å². The number of carbonyl (C=O) groups is 1. The Kier molecular flexibility index (Phi) is 7.53. The number of ether oxygens (including phenoxy) is 3. The molecule has 158 valence electrons. The summed E-state index contributed by atoms with van der Waals surface area (Å²) in [7, 11) is 0. The van der Waals surface area contributed by atoms with Crippen molar-refractivity contribution in [2.75, 3.05) is 19.9 Å². The maximum atomic E-state index is 12.1. The number of rotatable bonds is 9. The number of nitro benzene ring substituents is 1. The Labute approximate surface area is 174 Å². The van der Waals surface area contributed by atoms with E-state index in [1.165, 1.54) is 24.3 Å². The Morgan fingerprint density at radius 2 is 2.13 bits per heavy atom. The normalized spacial score (nSPS) is 14.0. The first-order chi connectivity index (χ1) is 14.5. The number of fused-ring (bicyclic) bond motifs is 1. The lowest BCUT2D eigenvalue weighted by atomic mass is 10.1. The third-order valence-electron chi connectivity index (χ3n) is 4.61. The van der Waals surface area contributed by atoms with Crippen LogP contribution in [-0.4, -0.2) is 30.8 Å². The number of carbonyl (C=O) groups excluding carboxylic acids is 1. The van der Waals surface area contributed by atoms with Crippen LogP contribution in [-0.2, 0) is 20.9 Å². The molecule has 0 fully saturated rings. The van der Waals surface area contributed by atoms with Crippen molar-refractivity contribution in [2.24, 2.45) is 0 Å².